The SMILES string of the molecule is CC(C)CC(OCCCCCCn1ccc(=S)[nH]c1=S)C(C)C. The molecule has 1 aromatic rings. The van der Waals surface area contributed by atoms with Crippen LogP contribution in [0.4, 0.5) is 0 Å². The maximum absolute atomic E-state index is 6.07. The molecule has 132 valence electrons. The molecule has 23 heavy (non-hydrogen) atoms. The first-order valence-corrected chi connectivity index (χ1v) is 9.63. The van der Waals surface area contributed by atoms with Crippen LogP contribution < -0.4 is 0 Å². The number of rotatable bonds is 11. The first-order valence-electron chi connectivity index (χ1n) is 8.81. The van der Waals surface area contributed by atoms with Gasteiger partial charge >= 0.3 is 0 Å². The summed E-state index contributed by atoms with van der Waals surface area (Å²) < 4.78 is 9.54. The Morgan fingerprint density at radius 1 is 1.09 bits per heavy atom. The van der Waals surface area contributed by atoms with Crippen molar-refractivity contribution in [1.29, 1.82) is 0 Å². The molecule has 3 nitrogen and oxygen atoms in total. The molecule has 0 spiro atoms. The molecule has 0 radical (unpaired) electrons. The van der Waals surface area contributed by atoms with Crippen molar-refractivity contribution in [2.75, 3.05) is 6.61 Å². The molecule has 0 aliphatic rings. The van der Waals surface area contributed by atoms with E-state index in [1.165, 1.54) is 12.8 Å². The summed E-state index contributed by atoms with van der Waals surface area (Å²) in [7, 11) is 0. The van der Waals surface area contributed by atoms with Crippen LogP contribution in [-0.2, 0) is 11.3 Å². The topological polar surface area (TPSA) is 29.9 Å². The maximum Gasteiger partial charge on any atom is 0.178 e. The second-order valence-corrected chi connectivity index (χ2v) is 7.83. The normalized spacial score (nSPS) is 13.0. The highest BCUT2D eigenvalue weighted by molar-refractivity contribution is 7.72. The van der Waals surface area contributed by atoms with Gasteiger partial charge in [-0.3, -0.25) is 0 Å². The summed E-state index contributed by atoms with van der Waals surface area (Å²) in [5, 5.41) is 0. The van der Waals surface area contributed by atoms with Gasteiger partial charge in [-0.05, 0) is 49.4 Å². The highest BCUT2D eigenvalue weighted by atomic mass is 32.1. The average molecular weight is 357 g/mol. The Hall–Kier alpha value is -0.520. The number of nitrogens with one attached hydrogen (secondary N) is 1. The Morgan fingerprint density at radius 3 is 2.39 bits per heavy atom. The average Bonchev–Trinajstić information content (AvgIpc) is 2.46. The van der Waals surface area contributed by atoms with Crippen LogP contribution in [0.3, 0.4) is 0 Å². The molecule has 0 aromatic carbocycles. The van der Waals surface area contributed by atoms with E-state index in [0.717, 1.165) is 32.4 Å². The lowest BCUT2D eigenvalue weighted by molar-refractivity contribution is 0.00710. The molecule has 1 heterocycles. The summed E-state index contributed by atoms with van der Waals surface area (Å²) in [5.74, 6) is 1.30. The smallest absolute Gasteiger partial charge is 0.178 e. The summed E-state index contributed by atoms with van der Waals surface area (Å²) >= 11 is 10.3. The Balaban J connectivity index is 2.15. The van der Waals surface area contributed by atoms with Gasteiger partial charge in [0, 0.05) is 19.3 Å². The van der Waals surface area contributed by atoms with Gasteiger partial charge in [0.15, 0.2) is 4.77 Å². The van der Waals surface area contributed by atoms with E-state index in [1.54, 1.807) is 0 Å². The zero-order valence-corrected chi connectivity index (χ0v) is 16.6. The van der Waals surface area contributed by atoms with E-state index in [9.17, 15) is 0 Å². The third-order valence-corrected chi connectivity index (χ3v) is 4.54. The Labute approximate surface area is 151 Å². The molecule has 0 aliphatic heterocycles. The molecule has 0 fully saturated rings. The van der Waals surface area contributed by atoms with Crippen molar-refractivity contribution in [3.05, 3.63) is 21.7 Å². The van der Waals surface area contributed by atoms with Gasteiger partial charge in [-0.15, -0.1) is 0 Å². The Morgan fingerprint density at radius 2 is 1.78 bits per heavy atom. The number of nitrogens with zero attached hydrogens (tertiary/aromatic N) is 1. The summed E-state index contributed by atoms with van der Waals surface area (Å²) in [6, 6.07) is 1.89. The number of ether oxygens (including phenoxy) is 1. The Kier molecular flexibility index (Phi) is 9.91. The molecule has 5 heteroatoms. The van der Waals surface area contributed by atoms with Gasteiger partial charge in [-0.1, -0.05) is 52.8 Å². The monoisotopic (exact) mass is 356 g/mol. The van der Waals surface area contributed by atoms with Gasteiger partial charge in [0.25, 0.3) is 0 Å². The fraction of sp³-hybridized carbons (Fsp3) is 0.778. The lowest BCUT2D eigenvalue weighted by atomic mass is 9.97. The van der Waals surface area contributed by atoms with Gasteiger partial charge in [-0.25, -0.2) is 0 Å². The van der Waals surface area contributed by atoms with E-state index in [-0.39, 0.29) is 0 Å². The van der Waals surface area contributed by atoms with Crippen LogP contribution in [0.5, 0.6) is 0 Å². The molecule has 0 amide bonds. The zero-order chi connectivity index (χ0) is 17.2. The van der Waals surface area contributed by atoms with Crippen LogP contribution in [0.15, 0.2) is 12.3 Å². The van der Waals surface area contributed by atoms with Crippen molar-refractivity contribution in [3.63, 3.8) is 0 Å². The van der Waals surface area contributed by atoms with E-state index >= 15 is 0 Å². The molecule has 0 aliphatic carbocycles. The van der Waals surface area contributed by atoms with E-state index in [1.807, 2.05) is 12.3 Å². The molecule has 1 rings (SSSR count). The standard InChI is InChI=1S/C18H32N2OS2/c1-14(2)13-16(15(3)4)21-12-8-6-5-7-10-20-11-9-17(22)19-18(20)23/h9,11,14-16H,5-8,10,12-13H2,1-4H3,(H,19,22,23). The Bertz CT molecular complexity index is 548. The maximum atomic E-state index is 6.07. The minimum atomic E-state index is 0.403. The number of hydrogen-bond acceptors (Lipinski definition) is 3. The lowest BCUT2D eigenvalue weighted by Crippen LogP contribution is -2.22. The number of aryl methyl sites for hydroxylation is 1. The van der Waals surface area contributed by atoms with Gasteiger partial charge in [0.2, 0.25) is 0 Å². The van der Waals surface area contributed by atoms with E-state index in [2.05, 4.69) is 37.2 Å². The lowest BCUT2D eigenvalue weighted by Gasteiger charge is -2.23. The predicted molar refractivity (Wildman–Crippen MR) is 103 cm³/mol. The van der Waals surface area contributed by atoms with Crippen LogP contribution in [0, 0.1) is 21.2 Å². The molecule has 1 atom stereocenters. The molecule has 1 unspecified atom stereocenters. The summed E-state index contributed by atoms with van der Waals surface area (Å²) in [6.07, 6.45) is 8.23. The first-order chi connectivity index (χ1) is 10.9. The minimum Gasteiger partial charge on any atom is -0.378 e. The number of hydrogen-bond donors (Lipinski definition) is 1. The second-order valence-electron chi connectivity index (χ2n) is 7.00. The fourth-order valence-corrected chi connectivity index (χ4v) is 3.07. The highest BCUT2D eigenvalue weighted by Crippen LogP contribution is 2.17. The van der Waals surface area contributed by atoms with Crippen LogP contribution in [0.1, 0.15) is 59.8 Å². The first kappa shape index (κ1) is 20.5. The van der Waals surface area contributed by atoms with E-state index in [0.29, 0.717) is 27.4 Å². The van der Waals surface area contributed by atoms with Crippen molar-refractivity contribution in [3.8, 4) is 0 Å². The van der Waals surface area contributed by atoms with Crippen molar-refractivity contribution in [2.45, 2.75) is 72.4 Å². The third-order valence-electron chi connectivity index (χ3n) is 3.97. The van der Waals surface area contributed by atoms with Gasteiger partial charge in [-0.2, -0.15) is 0 Å². The predicted octanol–water partition coefficient (Wildman–Crippen LogP) is 5.92. The number of unbranched alkanes of at least 4 members (excludes halogenated alkanes) is 3. The van der Waals surface area contributed by atoms with Crippen molar-refractivity contribution in [2.24, 2.45) is 11.8 Å². The van der Waals surface area contributed by atoms with Crippen molar-refractivity contribution >= 4 is 24.4 Å². The summed E-state index contributed by atoms with van der Waals surface area (Å²) in [5.41, 5.74) is 0. The van der Waals surface area contributed by atoms with Crippen LogP contribution in [-0.4, -0.2) is 22.3 Å². The number of H-pyrrole nitrogens is 1. The largest absolute Gasteiger partial charge is 0.378 e. The van der Waals surface area contributed by atoms with Crippen LogP contribution in [0.2, 0.25) is 0 Å². The van der Waals surface area contributed by atoms with E-state index < -0.39 is 0 Å². The molecule has 0 saturated heterocycles. The quantitative estimate of drug-likeness (QED) is 0.394. The summed E-state index contributed by atoms with van der Waals surface area (Å²) in [4.78, 5) is 3.01. The molecule has 0 saturated carbocycles. The van der Waals surface area contributed by atoms with Crippen molar-refractivity contribution in [1.82, 2.24) is 9.55 Å². The zero-order valence-electron chi connectivity index (χ0n) is 15.0. The molecular formula is C18H32N2OS2. The fourth-order valence-electron chi connectivity index (χ4n) is 2.59. The van der Waals surface area contributed by atoms with Crippen LogP contribution in [0.25, 0.3) is 0 Å². The van der Waals surface area contributed by atoms with Gasteiger partial charge in [0.1, 0.15) is 4.64 Å². The third kappa shape index (κ3) is 8.77. The molecule has 1 N–H and O–H groups in total. The molecule has 1 aromatic heterocycles. The summed E-state index contributed by atoms with van der Waals surface area (Å²) in [6.45, 7) is 10.9. The minimum absolute atomic E-state index is 0.403. The molecular weight excluding hydrogens is 324 g/mol. The van der Waals surface area contributed by atoms with Gasteiger partial charge < -0.3 is 14.3 Å². The highest BCUT2D eigenvalue weighted by Gasteiger charge is 2.15. The second kappa shape index (κ2) is 11.1. The van der Waals surface area contributed by atoms with E-state index in [4.69, 9.17) is 29.2 Å². The van der Waals surface area contributed by atoms with Crippen LogP contribution >= 0.6 is 24.4 Å². The number of aromatic nitrogens is 2. The molecule has 0 bridgehead atoms. The van der Waals surface area contributed by atoms with Gasteiger partial charge in [0.05, 0.1) is 6.10 Å². The van der Waals surface area contributed by atoms with Crippen molar-refractivity contribution < 1.29 is 4.74 Å². The number of aromatic amines is 1.